The lowest BCUT2D eigenvalue weighted by atomic mass is 9.33. The number of hydrogen-bond acceptors (Lipinski definition) is 4. The maximum absolute atomic E-state index is 6.82. The van der Waals surface area contributed by atoms with Crippen molar-refractivity contribution in [3.63, 3.8) is 0 Å². The largest absolute Gasteiger partial charge is 0.456 e. The molecule has 9 aromatic carbocycles. The van der Waals surface area contributed by atoms with Crippen LogP contribution in [0.4, 0.5) is 34.1 Å². The molecule has 0 radical (unpaired) electrons. The van der Waals surface area contributed by atoms with Crippen LogP contribution < -0.4 is 26.2 Å². The van der Waals surface area contributed by atoms with Gasteiger partial charge in [-0.2, -0.15) is 0 Å². The van der Waals surface area contributed by atoms with Gasteiger partial charge in [-0.3, -0.25) is 0 Å². The van der Waals surface area contributed by atoms with Crippen molar-refractivity contribution in [3.8, 4) is 0 Å². The lowest BCUT2D eigenvalue weighted by Crippen LogP contribution is -2.59. The highest BCUT2D eigenvalue weighted by Gasteiger charge is 2.43. The van der Waals surface area contributed by atoms with Crippen molar-refractivity contribution in [2.75, 3.05) is 9.80 Å². The summed E-state index contributed by atoms with van der Waals surface area (Å²) in [6, 6.07) is 54.2. The first-order valence-corrected chi connectivity index (χ1v) is 20.9. The fourth-order valence-electron chi connectivity index (χ4n) is 10.8. The molecule has 0 aliphatic carbocycles. The average molecular weight is 771 g/mol. The minimum absolute atomic E-state index is 0.0181. The second-order valence-electron chi connectivity index (χ2n) is 17.3. The maximum Gasteiger partial charge on any atom is 0.247 e. The summed E-state index contributed by atoms with van der Waals surface area (Å²) >= 11 is 0. The minimum atomic E-state index is -0.0181. The van der Waals surface area contributed by atoms with Crippen LogP contribution in [-0.2, 0) is 0 Å². The van der Waals surface area contributed by atoms with Crippen molar-refractivity contribution >= 4 is 123 Å². The Morgan fingerprint density at radius 3 is 1.65 bits per heavy atom. The van der Waals surface area contributed by atoms with Gasteiger partial charge < -0.3 is 18.6 Å². The van der Waals surface area contributed by atoms with E-state index in [1.54, 1.807) is 0 Å². The normalized spacial score (nSPS) is 13.3. The summed E-state index contributed by atoms with van der Waals surface area (Å²) in [6.07, 6.45) is 0. The highest BCUT2D eigenvalue weighted by atomic mass is 16.3. The van der Waals surface area contributed by atoms with E-state index >= 15 is 0 Å². The predicted octanol–water partition coefficient (Wildman–Crippen LogP) is 13.4. The Hall–Kier alpha value is -7.24. The van der Waals surface area contributed by atoms with Gasteiger partial charge in [-0.15, -0.1) is 0 Å². The van der Waals surface area contributed by atoms with E-state index in [2.05, 4.69) is 190 Å². The Labute approximate surface area is 347 Å². The maximum atomic E-state index is 6.82. The van der Waals surface area contributed by atoms with Crippen LogP contribution in [0.25, 0.3) is 65.4 Å². The van der Waals surface area contributed by atoms with Gasteiger partial charge >= 0.3 is 0 Å². The molecule has 5 heteroatoms. The third kappa shape index (κ3) is 4.63. The third-order valence-corrected chi connectivity index (χ3v) is 13.3. The van der Waals surface area contributed by atoms with Crippen molar-refractivity contribution in [2.45, 2.75) is 34.6 Å². The van der Waals surface area contributed by atoms with E-state index in [9.17, 15) is 0 Å². The molecule has 0 atom stereocenters. The molecule has 2 aromatic heterocycles. The van der Waals surface area contributed by atoms with Gasteiger partial charge in [-0.1, -0.05) is 106 Å². The molecular formula is C55H39BN2O2. The molecule has 0 saturated heterocycles. The van der Waals surface area contributed by atoms with Crippen LogP contribution in [0.1, 0.15) is 27.8 Å². The Morgan fingerprint density at radius 2 is 0.967 bits per heavy atom. The SMILES string of the molecule is Cc1cc(C)c(B2c3cc4oc5cc6cc(C)ccc6cc5c4cc3N3c4ccccc4N(c4ccc5oc6cc7cc(C)ccc7cc6c5c4)c4cccc2c43)c(C)c1. The van der Waals surface area contributed by atoms with E-state index in [-0.39, 0.29) is 6.71 Å². The van der Waals surface area contributed by atoms with E-state index in [1.165, 1.54) is 77.1 Å². The van der Waals surface area contributed by atoms with Crippen molar-refractivity contribution in [1.82, 2.24) is 0 Å². The Bertz CT molecular complexity index is 3680. The van der Waals surface area contributed by atoms with Crippen molar-refractivity contribution in [2.24, 2.45) is 0 Å². The van der Waals surface area contributed by atoms with Gasteiger partial charge in [0.25, 0.3) is 0 Å². The molecule has 0 N–H and O–H groups in total. The van der Waals surface area contributed by atoms with Crippen LogP contribution in [0.5, 0.6) is 0 Å². The van der Waals surface area contributed by atoms with E-state index in [4.69, 9.17) is 8.83 Å². The van der Waals surface area contributed by atoms with Crippen LogP contribution in [0.15, 0.2) is 154 Å². The Morgan fingerprint density at radius 1 is 0.383 bits per heavy atom. The van der Waals surface area contributed by atoms with E-state index in [1.807, 2.05) is 0 Å². The molecule has 0 amide bonds. The summed E-state index contributed by atoms with van der Waals surface area (Å²) in [5, 5.41) is 9.33. The van der Waals surface area contributed by atoms with E-state index in [0.717, 1.165) is 66.6 Å². The van der Waals surface area contributed by atoms with Crippen LogP contribution in [-0.4, -0.2) is 6.71 Å². The molecular weight excluding hydrogens is 731 g/mol. The van der Waals surface area contributed by atoms with Gasteiger partial charge in [-0.05, 0) is 140 Å². The Balaban J connectivity index is 1.09. The topological polar surface area (TPSA) is 32.8 Å². The standard InChI is InChI=1S/C55H39BN2O2/c1-30-13-15-35-23-40-42-27-39(17-18-50(42)59-51(40)25-37(35)21-30)57-46-10-6-7-11-47(46)58-49-28-43-41-24-36-16-14-31(2)22-38(36)26-52(41)60-53(43)29-45(49)56(44-9-8-12-48(57)55(44)58)54-33(4)19-32(3)20-34(54)5/h6-29H,1-5H3. The zero-order chi connectivity index (χ0) is 40.1. The summed E-state index contributed by atoms with van der Waals surface area (Å²) < 4.78 is 13.4. The molecule has 0 spiro atoms. The number of para-hydroxylation sites is 3. The molecule has 2 aliphatic heterocycles. The van der Waals surface area contributed by atoms with Gasteiger partial charge in [0.2, 0.25) is 6.71 Å². The quantitative estimate of drug-likeness (QED) is 0.164. The van der Waals surface area contributed by atoms with E-state index in [0.29, 0.717) is 0 Å². The first kappa shape index (κ1) is 33.7. The van der Waals surface area contributed by atoms with Crippen molar-refractivity contribution in [3.05, 3.63) is 173 Å². The summed E-state index contributed by atoms with van der Waals surface area (Å²) in [5.74, 6) is 0. The second kappa shape index (κ2) is 11.9. The van der Waals surface area contributed by atoms with Gasteiger partial charge in [0.05, 0.1) is 22.7 Å². The molecule has 13 rings (SSSR count). The number of nitrogens with zero attached hydrogens (tertiary/aromatic N) is 2. The van der Waals surface area contributed by atoms with Gasteiger partial charge in [-0.25, -0.2) is 0 Å². The molecule has 0 unspecified atom stereocenters. The minimum Gasteiger partial charge on any atom is -0.456 e. The van der Waals surface area contributed by atoms with E-state index < -0.39 is 0 Å². The zero-order valence-corrected chi connectivity index (χ0v) is 34.1. The van der Waals surface area contributed by atoms with Crippen LogP contribution in [0, 0.1) is 34.6 Å². The molecule has 11 aromatic rings. The number of benzene rings is 9. The number of hydrogen-bond donors (Lipinski definition) is 0. The van der Waals surface area contributed by atoms with Crippen LogP contribution in [0.3, 0.4) is 0 Å². The summed E-state index contributed by atoms with van der Waals surface area (Å²) in [5.41, 5.74) is 20.8. The number of rotatable bonds is 2. The van der Waals surface area contributed by atoms with Crippen molar-refractivity contribution < 1.29 is 8.83 Å². The molecule has 4 nitrogen and oxygen atoms in total. The fourth-order valence-corrected chi connectivity index (χ4v) is 10.8. The number of fused-ring (bicyclic) bond motifs is 12. The van der Waals surface area contributed by atoms with Crippen LogP contribution >= 0.6 is 0 Å². The molecule has 0 saturated carbocycles. The lowest BCUT2D eigenvalue weighted by Gasteiger charge is -2.45. The van der Waals surface area contributed by atoms with Gasteiger partial charge in [0, 0.05) is 32.9 Å². The predicted molar refractivity (Wildman–Crippen MR) is 254 cm³/mol. The fraction of sp³-hybridized carbons (Fsp3) is 0.0909. The molecule has 0 fully saturated rings. The Kier molecular flexibility index (Phi) is 6.70. The average Bonchev–Trinajstić information content (AvgIpc) is 3.77. The third-order valence-electron chi connectivity index (χ3n) is 13.3. The van der Waals surface area contributed by atoms with Gasteiger partial charge in [0.15, 0.2) is 0 Å². The smallest absolute Gasteiger partial charge is 0.247 e. The molecule has 0 bridgehead atoms. The first-order valence-electron chi connectivity index (χ1n) is 20.9. The lowest BCUT2D eigenvalue weighted by molar-refractivity contribution is 0.669. The highest BCUT2D eigenvalue weighted by Crippen LogP contribution is 2.55. The second-order valence-corrected chi connectivity index (χ2v) is 17.3. The number of anilines is 6. The van der Waals surface area contributed by atoms with Crippen LogP contribution in [0.2, 0.25) is 0 Å². The first-order chi connectivity index (χ1) is 29.3. The monoisotopic (exact) mass is 770 g/mol. The molecule has 4 heterocycles. The summed E-state index contributed by atoms with van der Waals surface area (Å²) in [7, 11) is 0. The van der Waals surface area contributed by atoms with Gasteiger partial charge in [0.1, 0.15) is 22.3 Å². The highest BCUT2D eigenvalue weighted by molar-refractivity contribution is 6.98. The number of furan rings is 2. The molecule has 60 heavy (non-hydrogen) atoms. The molecule has 284 valence electrons. The van der Waals surface area contributed by atoms with Crippen molar-refractivity contribution in [1.29, 1.82) is 0 Å². The summed E-state index contributed by atoms with van der Waals surface area (Å²) in [6.45, 7) is 11.0. The molecule has 2 aliphatic rings. The zero-order valence-electron chi connectivity index (χ0n) is 34.1. The summed E-state index contributed by atoms with van der Waals surface area (Å²) in [4.78, 5) is 4.99. The number of aryl methyl sites for hydroxylation is 5.